The van der Waals surface area contributed by atoms with Gasteiger partial charge in [0.25, 0.3) is 0 Å². The highest BCUT2D eigenvalue weighted by Crippen LogP contribution is 2.30. The molecule has 3 nitrogen and oxygen atoms in total. The van der Waals surface area contributed by atoms with Gasteiger partial charge in [0.15, 0.2) is 0 Å². The Balaban J connectivity index is 2.15. The van der Waals surface area contributed by atoms with E-state index >= 15 is 0 Å². The van der Waals surface area contributed by atoms with Crippen molar-refractivity contribution in [3.05, 3.63) is 59.1 Å². The number of anilines is 1. The summed E-state index contributed by atoms with van der Waals surface area (Å²) in [6.45, 7) is 0.645. The summed E-state index contributed by atoms with van der Waals surface area (Å²) in [4.78, 5) is 12.5. The summed E-state index contributed by atoms with van der Waals surface area (Å²) < 4.78 is 28.7. The third-order valence-corrected chi connectivity index (χ3v) is 3.76. The van der Waals surface area contributed by atoms with Gasteiger partial charge in [-0.25, -0.2) is 0 Å². The third-order valence-electron chi connectivity index (χ3n) is 3.47. The van der Waals surface area contributed by atoms with Crippen LogP contribution in [0.3, 0.4) is 0 Å². The number of benzene rings is 2. The molecule has 2 aromatic rings. The van der Waals surface area contributed by atoms with Crippen molar-refractivity contribution in [1.29, 1.82) is 0 Å². The van der Waals surface area contributed by atoms with Gasteiger partial charge in [-0.15, -0.1) is 0 Å². The summed E-state index contributed by atoms with van der Waals surface area (Å²) in [5.74, 6) is -0.371. The highest BCUT2D eigenvalue weighted by atomic mass is 35.5. The Hall–Kier alpha value is -2.14. The van der Waals surface area contributed by atoms with E-state index in [1.165, 1.54) is 18.2 Å². The third kappa shape index (κ3) is 4.20. The Morgan fingerprint density at radius 1 is 1.17 bits per heavy atom. The molecule has 0 fully saturated rings. The Bertz CT molecular complexity index is 690. The zero-order valence-corrected chi connectivity index (χ0v) is 13.4. The number of carbonyl (C=O) groups excluding carboxylic acids is 1. The van der Waals surface area contributed by atoms with Crippen LogP contribution in [0.1, 0.15) is 19.4 Å². The van der Waals surface area contributed by atoms with E-state index in [9.17, 15) is 13.6 Å². The lowest BCUT2D eigenvalue weighted by Crippen LogP contribution is -2.34. The highest BCUT2D eigenvalue weighted by Gasteiger charge is 2.29. The van der Waals surface area contributed by atoms with Crippen LogP contribution in [-0.4, -0.2) is 12.5 Å². The number of halogens is 3. The van der Waals surface area contributed by atoms with E-state index in [0.29, 0.717) is 5.69 Å². The minimum atomic E-state index is -2.95. The molecular weight excluding hydrogens is 324 g/mol. The normalized spacial score (nSPS) is 11.4. The average Bonchev–Trinajstić information content (AvgIpc) is 2.50. The Kier molecular flexibility index (Phi) is 5.21. The topological polar surface area (TPSA) is 38.3 Å². The van der Waals surface area contributed by atoms with Gasteiger partial charge in [-0.2, -0.15) is 8.78 Å². The zero-order chi connectivity index (χ0) is 17.0. The molecule has 0 aliphatic heterocycles. The summed E-state index contributed by atoms with van der Waals surface area (Å²) in [5, 5.41) is 2.74. The van der Waals surface area contributed by atoms with Crippen LogP contribution in [0.4, 0.5) is 14.5 Å². The van der Waals surface area contributed by atoms with Crippen molar-refractivity contribution in [3.63, 3.8) is 0 Å². The molecule has 2 aromatic carbocycles. The minimum absolute atomic E-state index is 0.000572. The number of rotatable bonds is 5. The molecule has 0 radical (unpaired) electrons. The van der Waals surface area contributed by atoms with E-state index < -0.39 is 12.0 Å². The molecule has 0 bridgehead atoms. The maximum absolute atomic E-state index is 12.5. The van der Waals surface area contributed by atoms with Crippen molar-refractivity contribution in [2.75, 3.05) is 5.32 Å². The lowest BCUT2D eigenvalue weighted by atomic mass is 9.83. The van der Waals surface area contributed by atoms with E-state index in [1.54, 1.807) is 13.8 Å². The first-order chi connectivity index (χ1) is 10.8. The standard InChI is InChI=1S/C17H16ClF2NO2/c1-17(2,11-6-4-3-5-7-11)15(22)21-12-8-9-14(13(18)10-12)23-16(19)20/h3-10,16H,1-2H3,(H,21,22). The van der Waals surface area contributed by atoms with Crippen LogP contribution in [0.2, 0.25) is 5.02 Å². The molecule has 0 unspecified atom stereocenters. The number of ether oxygens (including phenoxy) is 1. The second kappa shape index (κ2) is 6.96. The predicted octanol–water partition coefficient (Wildman–Crippen LogP) is 4.86. The maximum Gasteiger partial charge on any atom is 0.387 e. The largest absolute Gasteiger partial charge is 0.433 e. The van der Waals surface area contributed by atoms with Crippen molar-refractivity contribution in [2.45, 2.75) is 25.9 Å². The molecule has 0 aliphatic rings. The Morgan fingerprint density at radius 2 is 1.83 bits per heavy atom. The maximum atomic E-state index is 12.5. The van der Waals surface area contributed by atoms with Crippen LogP contribution in [0.25, 0.3) is 0 Å². The zero-order valence-electron chi connectivity index (χ0n) is 12.6. The monoisotopic (exact) mass is 339 g/mol. The molecule has 6 heteroatoms. The van der Waals surface area contributed by atoms with E-state index in [2.05, 4.69) is 10.1 Å². The molecular formula is C17H16ClF2NO2. The van der Waals surface area contributed by atoms with Gasteiger partial charge in [-0.05, 0) is 37.6 Å². The van der Waals surface area contributed by atoms with Gasteiger partial charge in [0, 0.05) is 5.69 Å². The van der Waals surface area contributed by atoms with E-state index in [-0.39, 0.29) is 16.7 Å². The number of alkyl halides is 2. The molecule has 1 N–H and O–H groups in total. The quantitative estimate of drug-likeness (QED) is 0.845. The molecule has 0 aromatic heterocycles. The van der Waals surface area contributed by atoms with Crippen LogP contribution in [0.15, 0.2) is 48.5 Å². The summed E-state index contributed by atoms with van der Waals surface area (Å²) >= 11 is 5.88. The molecule has 1 amide bonds. The molecule has 0 spiro atoms. The van der Waals surface area contributed by atoms with Crippen LogP contribution in [0.5, 0.6) is 5.75 Å². The van der Waals surface area contributed by atoms with E-state index in [1.807, 2.05) is 30.3 Å². The van der Waals surface area contributed by atoms with Gasteiger partial charge in [-0.3, -0.25) is 4.79 Å². The van der Waals surface area contributed by atoms with Gasteiger partial charge in [0.1, 0.15) is 5.75 Å². The predicted molar refractivity (Wildman–Crippen MR) is 86.2 cm³/mol. The first-order valence-corrected chi connectivity index (χ1v) is 7.30. The fourth-order valence-corrected chi connectivity index (χ4v) is 2.27. The van der Waals surface area contributed by atoms with Crippen LogP contribution < -0.4 is 10.1 Å². The van der Waals surface area contributed by atoms with Crippen molar-refractivity contribution < 1.29 is 18.3 Å². The fourth-order valence-electron chi connectivity index (χ4n) is 2.04. The average molecular weight is 340 g/mol. The Labute approximate surface area is 138 Å². The van der Waals surface area contributed by atoms with Gasteiger partial charge >= 0.3 is 6.61 Å². The lowest BCUT2D eigenvalue weighted by Gasteiger charge is -2.24. The molecule has 0 atom stereocenters. The smallest absolute Gasteiger partial charge is 0.387 e. The minimum Gasteiger partial charge on any atom is -0.433 e. The molecule has 2 rings (SSSR count). The van der Waals surface area contributed by atoms with Crippen LogP contribution in [-0.2, 0) is 10.2 Å². The van der Waals surface area contributed by atoms with E-state index in [4.69, 9.17) is 11.6 Å². The second-order valence-electron chi connectivity index (χ2n) is 5.47. The molecule has 0 saturated carbocycles. The lowest BCUT2D eigenvalue weighted by molar-refractivity contribution is -0.120. The number of hydrogen-bond acceptors (Lipinski definition) is 2. The van der Waals surface area contributed by atoms with Gasteiger partial charge in [-0.1, -0.05) is 41.9 Å². The van der Waals surface area contributed by atoms with Crippen molar-refractivity contribution in [1.82, 2.24) is 0 Å². The van der Waals surface area contributed by atoms with Crippen molar-refractivity contribution in [2.24, 2.45) is 0 Å². The number of carbonyl (C=O) groups is 1. The number of nitrogens with one attached hydrogen (secondary N) is 1. The van der Waals surface area contributed by atoms with Gasteiger partial charge < -0.3 is 10.1 Å². The van der Waals surface area contributed by atoms with Gasteiger partial charge in [0.05, 0.1) is 10.4 Å². The highest BCUT2D eigenvalue weighted by molar-refractivity contribution is 6.32. The first kappa shape index (κ1) is 17.2. The van der Waals surface area contributed by atoms with Crippen LogP contribution in [0, 0.1) is 0 Å². The SMILES string of the molecule is CC(C)(C(=O)Nc1ccc(OC(F)F)c(Cl)c1)c1ccccc1. The molecule has 0 aliphatic carbocycles. The van der Waals surface area contributed by atoms with Gasteiger partial charge in [0.2, 0.25) is 5.91 Å². The first-order valence-electron chi connectivity index (χ1n) is 6.92. The van der Waals surface area contributed by atoms with E-state index in [0.717, 1.165) is 5.56 Å². The summed E-state index contributed by atoms with van der Waals surface area (Å²) in [6, 6.07) is 13.5. The molecule has 0 saturated heterocycles. The molecule has 122 valence electrons. The molecule has 23 heavy (non-hydrogen) atoms. The number of amides is 1. The summed E-state index contributed by atoms with van der Waals surface area (Å²) in [6.07, 6.45) is 0. The van der Waals surface area contributed by atoms with Crippen LogP contribution >= 0.6 is 11.6 Å². The fraction of sp³-hybridized carbons (Fsp3) is 0.235. The number of hydrogen-bond donors (Lipinski definition) is 1. The Morgan fingerprint density at radius 3 is 2.39 bits per heavy atom. The van der Waals surface area contributed by atoms with Crippen molar-refractivity contribution >= 4 is 23.2 Å². The molecule has 0 heterocycles. The van der Waals surface area contributed by atoms with Crippen molar-refractivity contribution in [3.8, 4) is 5.75 Å². The second-order valence-corrected chi connectivity index (χ2v) is 5.88. The summed E-state index contributed by atoms with van der Waals surface area (Å²) in [5.41, 5.74) is 0.512. The summed E-state index contributed by atoms with van der Waals surface area (Å²) in [7, 11) is 0.